The standard InChI is InChI=1S/C26H23N3O3S/c1-17-8-6-11-20(14-17)25(30)27-21-12-7-13-22(16-21)33-24(19-9-4-3-5-10-19)26(31)28-23-15-18(2)32-29-23/h3-16,24H,1-2H3,(H,27,30)(H,28,29,31). The SMILES string of the molecule is Cc1cccc(C(=O)Nc2cccc(SC(C(=O)Nc3cc(C)on3)c3ccccc3)c2)c1. The molecular weight excluding hydrogens is 434 g/mol. The Labute approximate surface area is 196 Å². The number of carbonyl (C=O) groups is 2. The van der Waals surface area contributed by atoms with Crippen LogP contribution in [0, 0.1) is 13.8 Å². The highest BCUT2D eigenvalue weighted by Crippen LogP contribution is 2.37. The van der Waals surface area contributed by atoms with Gasteiger partial charge in [-0.15, -0.1) is 11.8 Å². The minimum Gasteiger partial charge on any atom is -0.360 e. The fourth-order valence-corrected chi connectivity index (χ4v) is 4.37. The van der Waals surface area contributed by atoms with Gasteiger partial charge in [-0.1, -0.05) is 59.3 Å². The van der Waals surface area contributed by atoms with E-state index in [4.69, 9.17) is 4.52 Å². The first-order valence-electron chi connectivity index (χ1n) is 10.4. The summed E-state index contributed by atoms with van der Waals surface area (Å²) in [6.07, 6.45) is 0. The number of aromatic nitrogens is 1. The average Bonchev–Trinajstić information content (AvgIpc) is 3.22. The minimum atomic E-state index is -0.522. The van der Waals surface area contributed by atoms with Gasteiger partial charge in [0, 0.05) is 22.2 Å². The first-order chi connectivity index (χ1) is 16.0. The van der Waals surface area contributed by atoms with E-state index >= 15 is 0 Å². The van der Waals surface area contributed by atoms with E-state index in [9.17, 15) is 9.59 Å². The van der Waals surface area contributed by atoms with E-state index in [1.54, 1.807) is 19.1 Å². The van der Waals surface area contributed by atoms with Gasteiger partial charge >= 0.3 is 0 Å². The third kappa shape index (κ3) is 5.90. The van der Waals surface area contributed by atoms with Crippen molar-refractivity contribution >= 4 is 35.1 Å². The minimum absolute atomic E-state index is 0.181. The van der Waals surface area contributed by atoms with Crippen LogP contribution in [0.5, 0.6) is 0 Å². The van der Waals surface area contributed by atoms with Crippen molar-refractivity contribution < 1.29 is 14.1 Å². The molecule has 0 aliphatic carbocycles. The number of nitrogens with zero attached hydrogens (tertiary/aromatic N) is 1. The van der Waals surface area contributed by atoms with Crippen molar-refractivity contribution in [2.75, 3.05) is 10.6 Å². The lowest BCUT2D eigenvalue weighted by molar-refractivity contribution is -0.115. The summed E-state index contributed by atoms with van der Waals surface area (Å²) in [6.45, 7) is 3.71. The van der Waals surface area contributed by atoms with Crippen LogP contribution >= 0.6 is 11.8 Å². The molecule has 2 N–H and O–H groups in total. The van der Waals surface area contributed by atoms with Crippen molar-refractivity contribution in [2.45, 2.75) is 24.0 Å². The Balaban J connectivity index is 1.53. The molecule has 3 aromatic carbocycles. The van der Waals surface area contributed by atoms with Gasteiger partial charge in [0.05, 0.1) is 0 Å². The molecule has 0 saturated carbocycles. The lowest BCUT2D eigenvalue weighted by atomic mass is 10.1. The highest BCUT2D eigenvalue weighted by molar-refractivity contribution is 8.00. The number of hydrogen-bond donors (Lipinski definition) is 2. The molecule has 1 unspecified atom stereocenters. The van der Waals surface area contributed by atoms with Crippen LogP contribution in [-0.4, -0.2) is 17.0 Å². The zero-order chi connectivity index (χ0) is 23.2. The molecule has 7 heteroatoms. The molecule has 166 valence electrons. The molecule has 0 aliphatic rings. The Hall–Kier alpha value is -3.84. The zero-order valence-electron chi connectivity index (χ0n) is 18.2. The maximum absolute atomic E-state index is 13.1. The molecule has 2 amide bonds. The van der Waals surface area contributed by atoms with Crippen LogP contribution in [0.3, 0.4) is 0 Å². The predicted octanol–water partition coefficient (Wildman–Crippen LogP) is 6.02. The largest absolute Gasteiger partial charge is 0.360 e. The number of anilines is 2. The van der Waals surface area contributed by atoms with Gasteiger partial charge in [0.2, 0.25) is 5.91 Å². The Morgan fingerprint density at radius 2 is 1.67 bits per heavy atom. The fraction of sp³-hybridized carbons (Fsp3) is 0.115. The fourth-order valence-electron chi connectivity index (χ4n) is 3.29. The maximum Gasteiger partial charge on any atom is 0.255 e. The first-order valence-corrected chi connectivity index (χ1v) is 11.3. The van der Waals surface area contributed by atoms with E-state index in [0.29, 0.717) is 22.8 Å². The van der Waals surface area contributed by atoms with Crippen molar-refractivity contribution in [3.05, 3.63) is 107 Å². The van der Waals surface area contributed by atoms with Crippen molar-refractivity contribution in [3.63, 3.8) is 0 Å². The number of hydrogen-bond acceptors (Lipinski definition) is 5. The molecule has 6 nitrogen and oxygen atoms in total. The molecular formula is C26H23N3O3S. The van der Waals surface area contributed by atoms with Crippen molar-refractivity contribution in [1.29, 1.82) is 0 Å². The second-order valence-corrected chi connectivity index (χ2v) is 8.75. The quantitative estimate of drug-likeness (QED) is 0.332. The Morgan fingerprint density at radius 3 is 2.39 bits per heavy atom. The van der Waals surface area contributed by atoms with Crippen LogP contribution in [-0.2, 0) is 4.79 Å². The number of benzene rings is 3. The second kappa shape index (κ2) is 10.2. The van der Waals surface area contributed by atoms with Crippen LogP contribution in [0.25, 0.3) is 0 Å². The molecule has 0 bridgehead atoms. The van der Waals surface area contributed by atoms with E-state index in [1.807, 2.05) is 79.7 Å². The van der Waals surface area contributed by atoms with Crippen LogP contribution in [0.4, 0.5) is 11.5 Å². The van der Waals surface area contributed by atoms with Gasteiger partial charge in [0.15, 0.2) is 5.82 Å². The topological polar surface area (TPSA) is 84.2 Å². The van der Waals surface area contributed by atoms with E-state index in [2.05, 4.69) is 15.8 Å². The number of aryl methyl sites for hydroxylation is 2. The summed E-state index contributed by atoms with van der Waals surface area (Å²) in [5.74, 6) is 0.595. The number of thioether (sulfide) groups is 1. The van der Waals surface area contributed by atoms with Gasteiger partial charge in [0.1, 0.15) is 11.0 Å². The van der Waals surface area contributed by atoms with Crippen LogP contribution in [0.15, 0.2) is 94.3 Å². The summed E-state index contributed by atoms with van der Waals surface area (Å²) in [6, 6.07) is 26.1. The van der Waals surface area contributed by atoms with Gasteiger partial charge in [0.25, 0.3) is 5.91 Å². The van der Waals surface area contributed by atoms with E-state index in [1.165, 1.54) is 11.8 Å². The molecule has 0 fully saturated rings. The smallest absolute Gasteiger partial charge is 0.255 e. The molecule has 4 rings (SSSR count). The number of rotatable bonds is 7. The summed E-state index contributed by atoms with van der Waals surface area (Å²) < 4.78 is 5.05. The predicted molar refractivity (Wildman–Crippen MR) is 130 cm³/mol. The summed E-state index contributed by atoms with van der Waals surface area (Å²) in [5.41, 5.74) is 3.13. The number of amides is 2. The average molecular weight is 458 g/mol. The molecule has 1 heterocycles. The number of carbonyl (C=O) groups excluding carboxylic acids is 2. The molecule has 0 aliphatic heterocycles. The van der Waals surface area contributed by atoms with Crippen molar-refractivity contribution in [2.24, 2.45) is 0 Å². The Bertz CT molecular complexity index is 1270. The molecule has 0 radical (unpaired) electrons. The van der Waals surface area contributed by atoms with Gasteiger partial charge in [-0.2, -0.15) is 0 Å². The number of nitrogens with one attached hydrogen (secondary N) is 2. The van der Waals surface area contributed by atoms with Gasteiger partial charge in [-0.25, -0.2) is 0 Å². The first kappa shape index (κ1) is 22.4. The molecule has 0 saturated heterocycles. The summed E-state index contributed by atoms with van der Waals surface area (Å²) in [7, 11) is 0. The van der Waals surface area contributed by atoms with E-state index < -0.39 is 5.25 Å². The molecule has 33 heavy (non-hydrogen) atoms. The monoisotopic (exact) mass is 457 g/mol. The highest BCUT2D eigenvalue weighted by Gasteiger charge is 2.23. The van der Waals surface area contributed by atoms with Gasteiger partial charge < -0.3 is 15.2 Å². The third-order valence-corrected chi connectivity index (χ3v) is 6.09. The molecule has 4 aromatic rings. The normalized spacial score (nSPS) is 11.6. The van der Waals surface area contributed by atoms with E-state index in [0.717, 1.165) is 16.0 Å². The van der Waals surface area contributed by atoms with Gasteiger partial charge in [-0.05, 0) is 49.7 Å². The summed E-state index contributed by atoms with van der Waals surface area (Å²) in [5, 5.41) is 9.09. The Morgan fingerprint density at radius 1 is 0.879 bits per heavy atom. The second-order valence-electron chi connectivity index (χ2n) is 7.57. The van der Waals surface area contributed by atoms with Gasteiger partial charge in [-0.3, -0.25) is 9.59 Å². The van der Waals surface area contributed by atoms with Crippen molar-refractivity contribution in [1.82, 2.24) is 5.16 Å². The Kier molecular flexibility index (Phi) is 6.90. The molecule has 1 atom stereocenters. The summed E-state index contributed by atoms with van der Waals surface area (Å²) >= 11 is 1.39. The highest BCUT2D eigenvalue weighted by atomic mass is 32.2. The maximum atomic E-state index is 13.1. The van der Waals surface area contributed by atoms with Crippen LogP contribution in [0.2, 0.25) is 0 Å². The third-order valence-electron chi connectivity index (χ3n) is 4.85. The lowest BCUT2D eigenvalue weighted by Crippen LogP contribution is -2.19. The molecule has 0 spiro atoms. The van der Waals surface area contributed by atoms with Crippen molar-refractivity contribution in [3.8, 4) is 0 Å². The molecule has 1 aromatic heterocycles. The lowest BCUT2D eigenvalue weighted by Gasteiger charge is -2.17. The van der Waals surface area contributed by atoms with E-state index in [-0.39, 0.29) is 11.8 Å². The summed E-state index contributed by atoms with van der Waals surface area (Å²) in [4.78, 5) is 26.6. The van der Waals surface area contributed by atoms with Crippen LogP contribution < -0.4 is 10.6 Å². The van der Waals surface area contributed by atoms with Crippen LogP contribution in [0.1, 0.15) is 32.5 Å². The zero-order valence-corrected chi connectivity index (χ0v) is 19.1.